The molecule has 1 unspecified atom stereocenters. The van der Waals surface area contributed by atoms with Crippen LogP contribution in [0.15, 0.2) is 125 Å². The number of nitrogens with zero attached hydrogens (tertiary/aromatic N) is 4. The average molecular weight is 523 g/mol. The van der Waals surface area contributed by atoms with Gasteiger partial charge in [0.1, 0.15) is 0 Å². The van der Waals surface area contributed by atoms with E-state index in [0.717, 1.165) is 22.6 Å². The highest BCUT2D eigenvalue weighted by molar-refractivity contribution is 8.17. The fourth-order valence-corrected chi connectivity index (χ4v) is 6.06. The molecule has 1 spiro atoms. The minimum absolute atomic E-state index is 0.0936. The molecule has 0 saturated carbocycles. The molecule has 4 aromatic rings. The van der Waals surface area contributed by atoms with Crippen molar-refractivity contribution in [2.24, 2.45) is 10.2 Å². The van der Waals surface area contributed by atoms with E-state index >= 15 is 0 Å². The number of thioether (sulfide) groups is 1. The standard InChI is InChI=1S/C30H23ClN4OS/c31-24-18-16-22(17-19-24)27-20-21-30(34(32-27)25-12-6-2-7-13-25)35(26-14-8-3-9-15-26)33-29(37-30)28(36)23-10-4-1-5-11-23/h1-19H,20-21H2. The predicted molar refractivity (Wildman–Crippen MR) is 154 cm³/mol. The molecule has 0 radical (unpaired) electrons. The van der Waals surface area contributed by atoms with Gasteiger partial charge in [-0.25, -0.2) is 10.0 Å². The predicted octanol–water partition coefficient (Wildman–Crippen LogP) is 7.45. The van der Waals surface area contributed by atoms with Gasteiger partial charge in [0.25, 0.3) is 0 Å². The zero-order chi connectivity index (χ0) is 25.2. The van der Waals surface area contributed by atoms with E-state index in [-0.39, 0.29) is 5.78 Å². The lowest BCUT2D eigenvalue weighted by atomic mass is 10.0. The molecule has 0 aromatic heterocycles. The molecule has 0 bridgehead atoms. The van der Waals surface area contributed by atoms with Crippen LogP contribution in [0.2, 0.25) is 5.02 Å². The second kappa shape index (κ2) is 9.88. The molecule has 5 nitrogen and oxygen atoms in total. The van der Waals surface area contributed by atoms with E-state index in [0.29, 0.717) is 28.5 Å². The van der Waals surface area contributed by atoms with Crippen molar-refractivity contribution < 1.29 is 4.79 Å². The highest BCUT2D eigenvalue weighted by Crippen LogP contribution is 2.50. The molecule has 2 aliphatic rings. The lowest BCUT2D eigenvalue weighted by Gasteiger charge is -2.46. The van der Waals surface area contributed by atoms with E-state index in [2.05, 4.69) is 0 Å². The number of hydrogen-bond donors (Lipinski definition) is 0. The van der Waals surface area contributed by atoms with E-state index in [4.69, 9.17) is 21.8 Å². The second-order valence-electron chi connectivity index (χ2n) is 8.79. The highest BCUT2D eigenvalue weighted by atomic mass is 35.5. The fraction of sp³-hybridized carbons (Fsp3) is 0.100. The number of para-hydroxylation sites is 2. The van der Waals surface area contributed by atoms with E-state index in [1.165, 1.54) is 11.8 Å². The molecule has 4 aromatic carbocycles. The number of Topliss-reactive ketones (excluding diaryl/α,β-unsaturated/α-hetero) is 1. The number of hydrazone groups is 2. The van der Waals surface area contributed by atoms with E-state index in [1.807, 2.05) is 125 Å². The minimum Gasteiger partial charge on any atom is -0.286 e. The molecule has 6 rings (SSSR count). The van der Waals surface area contributed by atoms with Gasteiger partial charge in [0.05, 0.1) is 17.1 Å². The van der Waals surface area contributed by atoms with Crippen molar-refractivity contribution in [3.8, 4) is 0 Å². The van der Waals surface area contributed by atoms with Crippen molar-refractivity contribution in [1.29, 1.82) is 0 Å². The number of halogens is 1. The van der Waals surface area contributed by atoms with Crippen LogP contribution in [0.4, 0.5) is 11.4 Å². The Labute approximate surface area is 225 Å². The fourth-order valence-electron chi connectivity index (χ4n) is 4.62. The topological polar surface area (TPSA) is 48.3 Å². The Morgan fingerprint density at radius 3 is 1.86 bits per heavy atom. The summed E-state index contributed by atoms with van der Waals surface area (Å²) in [7, 11) is 0. The summed E-state index contributed by atoms with van der Waals surface area (Å²) < 4.78 is 0. The number of carbonyl (C=O) groups is 1. The number of carbonyl (C=O) groups excluding carboxylic acids is 1. The molecule has 0 fully saturated rings. The average Bonchev–Trinajstić information content (AvgIpc) is 3.34. The van der Waals surface area contributed by atoms with Gasteiger partial charge < -0.3 is 0 Å². The molecule has 0 N–H and O–H groups in total. The molecular formula is C30H23ClN4OS. The number of rotatable bonds is 5. The van der Waals surface area contributed by atoms with Gasteiger partial charge >= 0.3 is 0 Å². The number of benzene rings is 4. The molecule has 7 heteroatoms. The number of anilines is 2. The summed E-state index contributed by atoms with van der Waals surface area (Å²) >= 11 is 7.62. The maximum Gasteiger partial charge on any atom is 0.219 e. The Hall–Kier alpha value is -3.87. The van der Waals surface area contributed by atoms with Gasteiger partial charge in [-0.3, -0.25) is 4.79 Å². The van der Waals surface area contributed by atoms with E-state index in [9.17, 15) is 4.79 Å². The molecule has 2 aliphatic heterocycles. The second-order valence-corrected chi connectivity index (χ2v) is 10.5. The number of hydrogen-bond acceptors (Lipinski definition) is 6. The van der Waals surface area contributed by atoms with Crippen LogP contribution in [-0.2, 0) is 0 Å². The summed E-state index contributed by atoms with van der Waals surface area (Å²) in [6.07, 6.45) is 1.40. The van der Waals surface area contributed by atoms with Crippen LogP contribution in [0.1, 0.15) is 28.8 Å². The molecule has 0 amide bonds. The monoisotopic (exact) mass is 522 g/mol. The summed E-state index contributed by atoms with van der Waals surface area (Å²) in [5, 5.41) is 15.2. The molecule has 1 atom stereocenters. The van der Waals surface area contributed by atoms with Crippen LogP contribution in [-0.4, -0.2) is 21.5 Å². The van der Waals surface area contributed by atoms with E-state index in [1.54, 1.807) is 0 Å². The van der Waals surface area contributed by atoms with Gasteiger partial charge in [0.15, 0.2) is 5.04 Å². The summed E-state index contributed by atoms with van der Waals surface area (Å²) in [5.74, 6) is -0.0936. The molecule has 0 saturated heterocycles. The zero-order valence-corrected chi connectivity index (χ0v) is 21.4. The minimum atomic E-state index is -0.752. The van der Waals surface area contributed by atoms with Crippen LogP contribution >= 0.6 is 23.4 Å². The van der Waals surface area contributed by atoms with Crippen molar-refractivity contribution >= 4 is 51.3 Å². The van der Waals surface area contributed by atoms with Crippen molar-refractivity contribution in [3.63, 3.8) is 0 Å². The highest BCUT2D eigenvalue weighted by Gasteiger charge is 2.53. The Morgan fingerprint density at radius 2 is 1.27 bits per heavy atom. The maximum atomic E-state index is 13.6. The van der Waals surface area contributed by atoms with Gasteiger partial charge in [-0.15, -0.1) is 0 Å². The summed E-state index contributed by atoms with van der Waals surface area (Å²) in [6.45, 7) is 0. The molecule has 37 heavy (non-hydrogen) atoms. The van der Waals surface area contributed by atoms with Crippen LogP contribution in [0.3, 0.4) is 0 Å². The summed E-state index contributed by atoms with van der Waals surface area (Å²) in [6, 6.07) is 37.1. The van der Waals surface area contributed by atoms with Crippen LogP contribution in [0.5, 0.6) is 0 Å². The van der Waals surface area contributed by atoms with Crippen LogP contribution in [0, 0.1) is 0 Å². The Bertz CT molecular complexity index is 1480. The van der Waals surface area contributed by atoms with Gasteiger partial charge in [0.2, 0.25) is 10.8 Å². The maximum absolute atomic E-state index is 13.6. The summed E-state index contributed by atoms with van der Waals surface area (Å²) in [4.78, 5) is 12.8. The number of ketones is 1. The quantitative estimate of drug-likeness (QED) is 0.255. The third-order valence-corrected chi connectivity index (χ3v) is 8.02. The third-order valence-electron chi connectivity index (χ3n) is 6.43. The molecule has 0 aliphatic carbocycles. The summed E-state index contributed by atoms with van der Waals surface area (Å²) in [5.41, 5.74) is 4.42. The smallest absolute Gasteiger partial charge is 0.219 e. The SMILES string of the molecule is O=C(C1=NN(c2ccccc2)C2(CCC(c3ccc(Cl)cc3)=NN2c2ccccc2)S1)c1ccccc1. The lowest BCUT2D eigenvalue weighted by Crippen LogP contribution is -2.56. The Kier molecular flexibility index (Phi) is 6.28. The first kappa shape index (κ1) is 23.5. The van der Waals surface area contributed by atoms with Crippen molar-refractivity contribution in [1.82, 2.24) is 0 Å². The zero-order valence-electron chi connectivity index (χ0n) is 19.9. The lowest BCUT2D eigenvalue weighted by molar-refractivity contribution is 0.106. The van der Waals surface area contributed by atoms with Crippen molar-refractivity contribution in [2.45, 2.75) is 17.8 Å². The first-order chi connectivity index (χ1) is 18.1. The Morgan fingerprint density at radius 1 is 0.730 bits per heavy atom. The van der Waals surface area contributed by atoms with Gasteiger partial charge in [-0.2, -0.15) is 10.2 Å². The van der Waals surface area contributed by atoms with Crippen molar-refractivity contribution in [3.05, 3.63) is 131 Å². The van der Waals surface area contributed by atoms with Gasteiger partial charge in [-0.05, 0) is 60.1 Å². The van der Waals surface area contributed by atoms with Crippen molar-refractivity contribution in [2.75, 3.05) is 10.0 Å². The first-order valence-electron chi connectivity index (χ1n) is 12.1. The van der Waals surface area contributed by atoms with Gasteiger partial charge in [-0.1, -0.05) is 90.5 Å². The molecule has 2 heterocycles. The molecular weight excluding hydrogens is 500 g/mol. The first-order valence-corrected chi connectivity index (χ1v) is 13.2. The molecule has 182 valence electrons. The van der Waals surface area contributed by atoms with Crippen LogP contribution < -0.4 is 10.0 Å². The van der Waals surface area contributed by atoms with E-state index < -0.39 is 4.99 Å². The van der Waals surface area contributed by atoms with Crippen LogP contribution in [0.25, 0.3) is 0 Å². The third kappa shape index (κ3) is 4.43. The largest absolute Gasteiger partial charge is 0.286 e. The normalized spacial score (nSPS) is 19.1. The van der Waals surface area contributed by atoms with Gasteiger partial charge in [0, 0.05) is 17.0 Å². The Balaban J connectivity index is 1.49.